The van der Waals surface area contributed by atoms with Gasteiger partial charge < -0.3 is 14.8 Å². The third kappa shape index (κ3) is 3.83. The zero-order valence-electron chi connectivity index (χ0n) is 12.8. The Hall–Kier alpha value is -3.49. The summed E-state index contributed by atoms with van der Waals surface area (Å²) in [6.07, 6.45) is 4.22. The number of nitrogens with zero attached hydrogens (tertiary/aromatic N) is 5. The molecule has 0 fully saturated rings. The molecule has 0 atom stereocenters. The van der Waals surface area contributed by atoms with Gasteiger partial charge in [0.05, 0.1) is 7.11 Å². The molecular weight excluding hydrogens is 312 g/mol. The molecule has 122 valence electrons. The van der Waals surface area contributed by atoms with Gasteiger partial charge >= 0.3 is 0 Å². The number of amides is 1. The number of carbonyl (C=O) groups is 1. The third-order valence-electron chi connectivity index (χ3n) is 2.98. The van der Waals surface area contributed by atoms with Crippen molar-refractivity contribution in [3.05, 3.63) is 49.3 Å². The number of anilines is 1. The van der Waals surface area contributed by atoms with Crippen LogP contribution in [0, 0.1) is 0 Å². The van der Waals surface area contributed by atoms with Crippen LogP contribution >= 0.6 is 0 Å². The van der Waals surface area contributed by atoms with E-state index < -0.39 is 0 Å². The van der Waals surface area contributed by atoms with E-state index in [0.717, 1.165) is 0 Å². The minimum Gasteiger partial charge on any atom is -0.497 e. The van der Waals surface area contributed by atoms with E-state index in [2.05, 4.69) is 25.4 Å². The lowest BCUT2D eigenvalue weighted by Gasteiger charge is -2.08. The average Bonchev–Trinajstić information content (AvgIpc) is 3.15. The molecule has 0 aliphatic heterocycles. The van der Waals surface area contributed by atoms with Gasteiger partial charge in [0.1, 0.15) is 36.3 Å². The Labute approximate surface area is 137 Å². The van der Waals surface area contributed by atoms with E-state index in [0.29, 0.717) is 23.1 Å². The van der Waals surface area contributed by atoms with Crippen LogP contribution in [0.3, 0.4) is 0 Å². The number of ether oxygens (including phenoxy) is 2. The zero-order chi connectivity index (χ0) is 16.8. The maximum atomic E-state index is 12.0. The quantitative estimate of drug-likeness (QED) is 0.723. The van der Waals surface area contributed by atoms with E-state index >= 15 is 0 Å². The van der Waals surface area contributed by atoms with Crippen molar-refractivity contribution in [2.24, 2.45) is 0 Å². The Bertz CT molecular complexity index is 822. The fraction of sp³-hybridized carbons (Fsp3) is 0.133. The van der Waals surface area contributed by atoms with Gasteiger partial charge in [0, 0.05) is 12.1 Å². The highest BCUT2D eigenvalue weighted by Crippen LogP contribution is 2.18. The van der Waals surface area contributed by atoms with Gasteiger partial charge in [-0.2, -0.15) is 5.10 Å². The maximum absolute atomic E-state index is 12.0. The fourth-order valence-electron chi connectivity index (χ4n) is 1.89. The molecule has 0 saturated heterocycles. The Morgan fingerprint density at radius 2 is 2.08 bits per heavy atom. The zero-order valence-corrected chi connectivity index (χ0v) is 12.8. The second kappa shape index (κ2) is 7.18. The van der Waals surface area contributed by atoms with Crippen LogP contribution in [0.25, 0.3) is 5.82 Å². The molecule has 2 aromatic heterocycles. The number of carbonyl (C=O) groups excluding carboxylic acids is 1. The molecule has 0 aliphatic carbocycles. The smallest absolute Gasteiger partial charge is 0.263 e. The summed E-state index contributed by atoms with van der Waals surface area (Å²) in [6, 6.07) is 8.59. The van der Waals surface area contributed by atoms with Gasteiger partial charge in [-0.1, -0.05) is 6.07 Å². The summed E-state index contributed by atoms with van der Waals surface area (Å²) in [5, 5.41) is 6.60. The number of nitrogens with one attached hydrogen (secondary N) is 1. The first-order valence-electron chi connectivity index (χ1n) is 6.98. The molecule has 1 amide bonds. The summed E-state index contributed by atoms with van der Waals surface area (Å²) in [4.78, 5) is 23.9. The van der Waals surface area contributed by atoms with Crippen LogP contribution in [-0.2, 0) is 4.79 Å². The minimum atomic E-state index is -0.346. The number of methoxy groups -OCH3 is 1. The van der Waals surface area contributed by atoms with Crippen LogP contribution < -0.4 is 14.8 Å². The Balaban J connectivity index is 1.59. The summed E-state index contributed by atoms with van der Waals surface area (Å²) in [5.41, 5.74) is 0. The number of aromatic nitrogens is 5. The van der Waals surface area contributed by atoms with E-state index in [1.54, 1.807) is 37.4 Å². The molecule has 3 rings (SSSR count). The van der Waals surface area contributed by atoms with Gasteiger partial charge in [0.25, 0.3) is 5.91 Å². The first-order chi connectivity index (χ1) is 11.7. The highest BCUT2D eigenvalue weighted by Gasteiger charge is 2.07. The molecule has 9 heteroatoms. The number of benzene rings is 1. The topological polar surface area (TPSA) is 104 Å². The molecule has 0 bridgehead atoms. The molecule has 0 radical (unpaired) electrons. The van der Waals surface area contributed by atoms with Crippen LogP contribution in [0.15, 0.2) is 49.3 Å². The third-order valence-corrected chi connectivity index (χ3v) is 2.98. The van der Waals surface area contributed by atoms with Crippen LogP contribution in [0.2, 0.25) is 0 Å². The fourth-order valence-corrected chi connectivity index (χ4v) is 1.89. The lowest BCUT2D eigenvalue weighted by Crippen LogP contribution is -2.21. The van der Waals surface area contributed by atoms with Gasteiger partial charge in [-0.15, -0.1) is 0 Å². The number of hydrogen-bond donors (Lipinski definition) is 1. The molecule has 3 aromatic rings. The van der Waals surface area contributed by atoms with Crippen LogP contribution in [-0.4, -0.2) is 44.4 Å². The van der Waals surface area contributed by atoms with E-state index in [1.807, 2.05) is 0 Å². The van der Waals surface area contributed by atoms with Crippen molar-refractivity contribution in [3.8, 4) is 17.3 Å². The second-order valence-electron chi connectivity index (χ2n) is 4.62. The summed E-state index contributed by atoms with van der Waals surface area (Å²) in [7, 11) is 1.56. The van der Waals surface area contributed by atoms with Crippen molar-refractivity contribution >= 4 is 11.7 Å². The van der Waals surface area contributed by atoms with Gasteiger partial charge in [0.2, 0.25) is 0 Å². The predicted octanol–water partition coefficient (Wildman–Crippen LogP) is 1.08. The predicted molar refractivity (Wildman–Crippen MR) is 84.1 cm³/mol. The first kappa shape index (κ1) is 15.4. The number of rotatable bonds is 6. The van der Waals surface area contributed by atoms with Crippen molar-refractivity contribution in [1.29, 1.82) is 0 Å². The molecule has 0 unspecified atom stereocenters. The SMILES string of the molecule is COc1cccc(OCC(=O)Nc2cc(-n3cncn3)ncn2)c1. The van der Waals surface area contributed by atoms with Crippen LogP contribution in [0.4, 0.5) is 5.82 Å². The molecule has 1 N–H and O–H groups in total. The molecule has 1 aromatic carbocycles. The number of hydrogen-bond acceptors (Lipinski definition) is 7. The van der Waals surface area contributed by atoms with Crippen LogP contribution in [0.1, 0.15) is 0 Å². The van der Waals surface area contributed by atoms with Crippen molar-refractivity contribution in [2.45, 2.75) is 0 Å². The normalized spacial score (nSPS) is 10.2. The van der Waals surface area contributed by atoms with Crippen molar-refractivity contribution < 1.29 is 14.3 Å². The Morgan fingerprint density at radius 1 is 1.21 bits per heavy atom. The average molecular weight is 326 g/mol. The molecule has 0 saturated carbocycles. The summed E-state index contributed by atoms with van der Waals surface area (Å²) in [5.74, 6) is 1.68. The summed E-state index contributed by atoms with van der Waals surface area (Å²) < 4.78 is 12.0. The van der Waals surface area contributed by atoms with Crippen molar-refractivity contribution in [3.63, 3.8) is 0 Å². The van der Waals surface area contributed by atoms with Gasteiger partial charge in [-0.3, -0.25) is 4.79 Å². The maximum Gasteiger partial charge on any atom is 0.263 e. The molecule has 0 spiro atoms. The first-order valence-corrected chi connectivity index (χ1v) is 6.98. The molecule has 9 nitrogen and oxygen atoms in total. The Morgan fingerprint density at radius 3 is 2.88 bits per heavy atom. The van der Waals surface area contributed by atoms with Gasteiger partial charge in [-0.05, 0) is 12.1 Å². The van der Waals surface area contributed by atoms with Gasteiger partial charge in [-0.25, -0.2) is 19.6 Å². The van der Waals surface area contributed by atoms with Gasteiger partial charge in [0.15, 0.2) is 12.4 Å². The van der Waals surface area contributed by atoms with E-state index in [1.165, 1.54) is 23.7 Å². The second-order valence-corrected chi connectivity index (χ2v) is 4.62. The van der Waals surface area contributed by atoms with Crippen molar-refractivity contribution in [2.75, 3.05) is 19.0 Å². The highest BCUT2D eigenvalue weighted by molar-refractivity contribution is 5.91. The largest absolute Gasteiger partial charge is 0.497 e. The van der Waals surface area contributed by atoms with Crippen molar-refractivity contribution in [1.82, 2.24) is 24.7 Å². The van der Waals surface area contributed by atoms with E-state index in [9.17, 15) is 4.79 Å². The minimum absolute atomic E-state index is 0.157. The van der Waals surface area contributed by atoms with E-state index in [4.69, 9.17) is 9.47 Å². The van der Waals surface area contributed by atoms with E-state index in [-0.39, 0.29) is 12.5 Å². The molecule has 2 heterocycles. The standard InChI is InChI=1S/C15H14N6O3/c1-23-11-3-2-4-12(5-11)24-7-15(22)20-13-6-14(18-9-17-13)21-10-16-8-19-21/h2-6,8-10H,7H2,1H3,(H,17,18,20,22). The summed E-state index contributed by atoms with van der Waals surface area (Å²) in [6.45, 7) is -0.157. The molecule has 24 heavy (non-hydrogen) atoms. The summed E-state index contributed by atoms with van der Waals surface area (Å²) >= 11 is 0. The van der Waals surface area contributed by atoms with Crippen LogP contribution in [0.5, 0.6) is 11.5 Å². The Kier molecular flexibility index (Phi) is 4.61. The monoisotopic (exact) mass is 326 g/mol. The lowest BCUT2D eigenvalue weighted by molar-refractivity contribution is -0.118. The highest BCUT2D eigenvalue weighted by atomic mass is 16.5. The molecular formula is C15H14N6O3. The lowest BCUT2D eigenvalue weighted by atomic mass is 10.3. The molecule has 0 aliphatic rings.